The molecule has 0 amide bonds. The summed E-state index contributed by atoms with van der Waals surface area (Å²) in [4.78, 5) is 3.27. The molecule has 1 heterocycles. The van der Waals surface area contributed by atoms with Gasteiger partial charge in [0.15, 0.2) is 0 Å². The van der Waals surface area contributed by atoms with Gasteiger partial charge in [0.1, 0.15) is 35.3 Å². The van der Waals surface area contributed by atoms with Crippen molar-refractivity contribution in [2.45, 2.75) is 12.3 Å². The summed E-state index contributed by atoms with van der Waals surface area (Å²) in [5.41, 5.74) is -2.07. The number of nitrogens with one attached hydrogen (secondary N) is 1. The van der Waals surface area contributed by atoms with E-state index in [4.69, 9.17) is 5.26 Å². The van der Waals surface area contributed by atoms with Crippen molar-refractivity contribution in [2.75, 3.05) is 11.9 Å². The van der Waals surface area contributed by atoms with Crippen molar-refractivity contribution >= 4 is 5.82 Å². The molecule has 2 aromatic rings. The van der Waals surface area contributed by atoms with Crippen LogP contribution in [0.4, 0.5) is 27.8 Å². The van der Waals surface area contributed by atoms with Gasteiger partial charge in [0.2, 0.25) is 0 Å². The van der Waals surface area contributed by atoms with Crippen LogP contribution < -0.4 is 5.32 Å². The van der Waals surface area contributed by atoms with Gasteiger partial charge in [-0.2, -0.15) is 18.4 Å². The lowest BCUT2D eigenvalue weighted by Crippen LogP contribution is -2.18. The maximum atomic E-state index is 13.5. The van der Waals surface area contributed by atoms with Crippen LogP contribution in [0.15, 0.2) is 30.3 Å². The van der Waals surface area contributed by atoms with E-state index in [2.05, 4.69) is 10.3 Å². The van der Waals surface area contributed by atoms with Crippen LogP contribution >= 0.6 is 0 Å². The number of pyridine rings is 1. The molecular formula is C15H10F5N3O. The number of aromatic nitrogens is 1. The van der Waals surface area contributed by atoms with Crippen LogP contribution in [0.2, 0.25) is 0 Å². The van der Waals surface area contributed by atoms with Gasteiger partial charge in [-0.05, 0) is 24.3 Å². The average molecular weight is 343 g/mol. The van der Waals surface area contributed by atoms with Crippen LogP contribution in [0.1, 0.15) is 22.9 Å². The molecule has 2 rings (SSSR count). The van der Waals surface area contributed by atoms with Gasteiger partial charge < -0.3 is 10.4 Å². The fourth-order valence-electron chi connectivity index (χ4n) is 1.97. The Labute approximate surface area is 133 Å². The first-order valence-electron chi connectivity index (χ1n) is 6.58. The van der Waals surface area contributed by atoms with Crippen molar-refractivity contribution < 1.29 is 27.1 Å². The molecule has 0 aliphatic rings. The predicted molar refractivity (Wildman–Crippen MR) is 73.8 cm³/mol. The largest absolute Gasteiger partial charge is 0.433 e. The van der Waals surface area contributed by atoms with Crippen LogP contribution in [-0.4, -0.2) is 16.6 Å². The Morgan fingerprint density at radius 1 is 1.17 bits per heavy atom. The summed E-state index contributed by atoms with van der Waals surface area (Å²) in [5.74, 6) is -2.44. The summed E-state index contributed by atoms with van der Waals surface area (Å²) in [6.07, 6.45) is -6.41. The highest BCUT2D eigenvalue weighted by Gasteiger charge is 2.33. The second kappa shape index (κ2) is 6.80. The van der Waals surface area contributed by atoms with Crippen molar-refractivity contribution in [2.24, 2.45) is 0 Å². The fraction of sp³-hybridized carbons (Fsp3) is 0.200. The van der Waals surface area contributed by atoms with Crippen LogP contribution in [0.5, 0.6) is 0 Å². The molecule has 0 saturated carbocycles. The second-order valence-corrected chi connectivity index (χ2v) is 4.73. The molecule has 1 aromatic carbocycles. The minimum absolute atomic E-state index is 0.204. The fourth-order valence-corrected chi connectivity index (χ4v) is 1.97. The number of hydrogen-bond acceptors (Lipinski definition) is 4. The summed E-state index contributed by atoms with van der Waals surface area (Å²) in [6.45, 7) is -0.541. The van der Waals surface area contributed by atoms with Gasteiger partial charge in [-0.25, -0.2) is 13.8 Å². The number of aliphatic hydroxyl groups is 1. The third kappa shape index (κ3) is 3.78. The molecule has 0 aliphatic carbocycles. The number of nitrogens with zero attached hydrogens (tertiary/aromatic N) is 2. The van der Waals surface area contributed by atoms with Gasteiger partial charge in [-0.1, -0.05) is 6.07 Å². The molecule has 4 nitrogen and oxygen atoms in total. The van der Waals surface area contributed by atoms with Gasteiger partial charge in [0, 0.05) is 6.54 Å². The van der Waals surface area contributed by atoms with Crippen LogP contribution in [0.25, 0.3) is 0 Å². The first kappa shape index (κ1) is 17.6. The van der Waals surface area contributed by atoms with Gasteiger partial charge in [0.25, 0.3) is 0 Å². The number of alkyl halides is 3. The van der Waals surface area contributed by atoms with E-state index in [1.54, 1.807) is 6.07 Å². The lowest BCUT2D eigenvalue weighted by atomic mass is 10.1. The Bertz CT molecular complexity index is 765. The number of benzene rings is 1. The topological polar surface area (TPSA) is 68.9 Å². The molecule has 1 atom stereocenters. The summed E-state index contributed by atoms with van der Waals surface area (Å²) < 4.78 is 65.1. The van der Waals surface area contributed by atoms with Crippen molar-refractivity contribution in [3.05, 3.63) is 58.8 Å². The minimum atomic E-state index is -4.72. The summed E-state index contributed by atoms with van der Waals surface area (Å²) in [7, 11) is 0. The zero-order chi connectivity index (χ0) is 17.9. The zero-order valence-corrected chi connectivity index (χ0v) is 11.9. The first-order chi connectivity index (χ1) is 11.2. The molecule has 2 N–H and O–H groups in total. The highest BCUT2D eigenvalue weighted by atomic mass is 19.4. The molecular weight excluding hydrogens is 333 g/mol. The Morgan fingerprint density at radius 3 is 2.33 bits per heavy atom. The minimum Gasteiger partial charge on any atom is -0.386 e. The number of anilines is 1. The quantitative estimate of drug-likeness (QED) is 0.835. The summed E-state index contributed by atoms with van der Waals surface area (Å²) in [6, 6.07) is 6.16. The lowest BCUT2D eigenvalue weighted by molar-refractivity contribution is -0.141. The van der Waals surface area contributed by atoms with E-state index in [1.807, 2.05) is 0 Å². The van der Waals surface area contributed by atoms with Gasteiger partial charge in [0.05, 0.1) is 11.1 Å². The Morgan fingerprint density at radius 2 is 1.79 bits per heavy atom. The zero-order valence-electron chi connectivity index (χ0n) is 11.9. The maximum Gasteiger partial charge on any atom is 0.433 e. The van der Waals surface area contributed by atoms with E-state index in [1.165, 1.54) is 0 Å². The van der Waals surface area contributed by atoms with Crippen LogP contribution in [0, 0.1) is 23.0 Å². The van der Waals surface area contributed by atoms with E-state index in [0.717, 1.165) is 24.3 Å². The van der Waals surface area contributed by atoms with Gasteiger partial charge >= 0.3 is 6.18 Å². The number of rotatable bonds is 4. The molecule has 0 bridgehead atoms. The van der Waals surface area contributed by atoms with Crippen LogP contribution in [-0.2, 0) is 6.18 Å². The second-order valence-electron chi connectivity index (χ2n) is 4.73. The molecule has 0 aliphatic heterocycles. The smallest absolute Gasteiger partial charge is 0.386 e. The third-order valence-corrected chi connectivity index (χ3v) is 3.10. The molecule has 9 heteroatoms. The molecule has 0 fully saturated rings. The Hall–Kier alpha value is -2.73. The van der Waals surface area contributed by atoms with Crippen molar-refractivity contribution in [3.8, 4) is 6.07 Å². The highest BCUT2D eigenvalue weighted by Crippen LogP contribution is 2.29. The Kier molecular flexibility index (Phi) is 4.99. The Balaban J connectivity index is 2.24. The standard InChI is InChI=1S/C15H10F5N3O/c16-9-2-1-3-10(17)13(9)11(24)7-22-14-8(6-21)4-5-12(23-14)15(18,19)20/h1-5,11,24H,7H2,(H,22,23). The molecule has 0 radical (unpaired) electrons. The normalized spacial score (nSPS) is 12.5. The van der Waals surface area contributed by atoms with Crippen molar-refractivity contribution in [1.29, 1.82) is 5.26 Å². The highest BCUT2D eigenvalue weighted by molar-refractivity contribution is 5.52. The first-order valence-corrected chi connectivity index (χ1v) is 6.58. The molecule has 126 valence electrons. The third-order valence-electron chi connectivity index (χ3n) is 3.10. The summed E-state index contributed by atoms with van der Waals surface area (Å²) in [5, 5.41) is 21.1. The molecule has 24 heavy (non-hydrogen) atoms. The summed E-state index contributed by atoms with van der Waals surface area (Å²) >= 11 is 0. The predicted octanol–water partition coefficient (Wildman–Crippen LogP) is 3.40. The average Bonchev–Trinajstić information content (AvgIpc) is 2.51. The lowest BCUT2D eigenvalue weighted by Gasteiger charge is -2.15. The number of aliphatic hydroxyl groups excluding tert-OH is 1. The van der Waals surface area contributed by atoms with E-state index in [9.17, 15) is 27.1 Å². The van der Waals surface area contributed by atoms with E-state index < -0.39 is 47.5 Å². The van der Waals surface area contributed by atoms with Crippen LogP contribution in [0.3, 0.4) is 0 Å². The van der Waals surface area contributed by atoms with Gasteiger partial charge in [-0.3, -0.25) is 0 Å². The van der Waals surface area contributed by atoms with E-state index in [0.29, 0.717) is 6.07 Å². The molecule has 1 aromatic heterocycles. The molecule has 1 unspecified atom stereocenters. The maximum absolute atomic E-state index is 13.5. The molecule has 0 spiro atoms. The molecule has 0 saturated heterocycles. The van der Waals surface area contributed by atoms with E-state index in [-0.39, 0.29) is 5.56 Å². The van der Waals surface area contributed by atoms with Crippen molar-refractivity contribution in [3.63, 3.8) is 0 Å². The van der Waals surface area contributed by atoms with E-state index >= 15 is 0 Å². The van der Waals surface area contributed by atoms with Crippen molar-refractivity contribution in [1.82, 2.24) is 4.98 Å². The number of halogens is 5. The monoisotopic (exact) mass is 343 g/mol. The number of nitriles is 1. The SMILES string of the molecule is N#Cc1ccc(C(F)(F)F)nc1NCC(O)c1c(F)cccc1F. The van der Waals surface area contributed by atoms with Gasteiger partial charge in [-0.15, -0.1) is 0 Å². The number of hydrogen-bond donors (Lipinski definition) is 2.